The standard InChI is InChI=1S/C8H12BNO5S/c1-2-16(13,14)10-7-4-3-5-8(6-7)15-9(11)12/h3-6,10-12H,2H2,1H3. The average Bonchev–Trinajstić information content (AvgIpc) is 2.16. The molecule has 0 bridgehead atoms. The zero-order chi connectivity index (χ0) is 12.2. The van der Waals surface area contributed by atoms with Gasteiger partial charge in [-0.2, -0.15) is 0 Å². The van der Waals surface area contributed by atoms with Gasteiger partial charge in [-0.05, 0) is 19.1 Å². The predicted octanol–water partition coefficient (Wildman–Crippen LogP) is -0.203. The molecule has 16 heavy (non-hydrogen) atoms. The molecule has 0 aliphatic heterocycles. The number of anilines is 1. The lowest BCUT2D eigenvalue weighted by Gasteiger charge is -2.08. The third-order valence-corrected chi connectivity index (χ3v) is 3.04. The van der Waals surface area contributed by atoms with Crippen molar-refractivity contribution in [2.45, 2.75) is 6.92 Å². The van der Waals surface area contributed by atoms with Gasteiger partial charge in [-0.1, -0.05) is 6.07 Å². The van der Waals surface area contributed by atoms with Gasteiger partial charge in [0.15, 0.2) is 0 Å². The summed E-state index contributed by atoms with van der Waals surface area (Å²) in [6, 6.07) is 5.89. The Morgan fingerprint density at radius 1 is 1.44 bits per heavy atom. The fraction of sp³-hybridized carbons (Fsp3) is 0.250. The first kappa shape index (κ1) is 12.8. The summed E-state index contributed by atoms with van der Waals surface area (Å²) in [6.45, 7) is 1.51. The molecule has 0 aliphatic rings. The number of nitrogens with one attached hydrogen (secondary N) is 1. The molecule has 0 amide bonds. The van der Waals surface area contributed by atoms with Crippen molar-refractivity contribution in [1.82, 2.24) is 0 Å². The highest BCUT2D eigenvalue weighted by atomic mass is 32.2. The summed E-state index contributed by atoms with van der Waals surface area (Å²) in [6.07, 6.45) is 0. The van der Waals surface area contributed by atoms with Gasteiger partial charge in [0.1, 0.15) is 5.75 Å². The minimum absolute atomic E-state index is 0.0410. The van der Waals surface area contributed by atoms with Crippen LogP contribution in [0, 0.1) is 0 Å². The van der Waals surface area contributed by atoms with Crippen LogP contribution in [-0.4, -0.2) is 31.5 Å². The van der Waals surface area contributed by atoms with E-state index in [-0.39, 0.29) is 11.5 Å². The molecule has 0 aliphatic carbocycles. The third kappa shape index (κ3) is 4.09. The Kier molecular flexibility index (Phi) is 4.16. The summed E-state index contributed by atoms with van der Waals surface area (Å²) in [5.41, 5.74) is 0.306. The van der Waals surface area contributed by atoms with Gasteiger partial charge in [0.2, 0.25) is 10.0 Å². The van der Waals surface area contributed by atoms with E-state index in [4.69, 9.17) is 10.0 Å². The van der Waals surface area contributed by atoms with Crippen molar-refractivity contribution in [3.63, 3.8) is 0 Å². The van der Waals surface area contributed by atoms with E-state index in [2.05, 4.69) is 9.38 Å². The predicted molar refractivity (Wildman–Crippen MR) is 60.3 cm³/mol. The van der Waals surface area contributed by atoms with Gasteiger partial charge in [0.05, 0.1) is 11.4 Å². The summed E-state index contributed by atoms with van der Waals surface area (Å²) in [5, 5.41) is 17.1. The lowest BCUT2D eigenvalue weighted by molar-refractivity contribution is 0.288. The quantitative estimate of drug-likeness (QED) is 0.624. The van der Waals surface area contributed by atoms with Crippen LogP contribution in [0.1, 0.15) is 6.92 Å². The molecule has 0 saturated heterocycles. The van der Waals surface area contributed by atoms with Gasteiger partial charge < -0.3 is 14.7 Å². The molecule has 0 spiro atoms. The first-order valence-electron chi connectivity index (χ1n) is 4.56. The van der Waals surface area contributed by atoms with Crippen molar-refractivity contribution < 1.29 is 23.1 Å². The average molecular weight is 245 g/mol. The second-order valence-electron chi connectivity index (χ2n) is 2.98. The summed E-state index contributed by atoms with van der Waals surface area (Å²) < 4.78 is 29.4. The summed E-state index contributed by atoms with van der Waals surface area (Å²) in [4.78, 5) is 0. The lowest BCUT2D eigenvalue weighted by atomic mass is 10.2. The van der Waals surface area contributed by atoms with E-state index in [1.807, 2.05) is 0 Å². The Hall–Kier alpha value is -1.25. The first-order valence-corrected chi connectivity index (χ1v) is 6.21. The zero-order valence-electron chi connectivity index (χ0n) is 8.62. The van der Waals surface area contributed by atoms with E-state index < -0.39 is 17.3 Å². The maximum absolute atomic E-state index is 11.3. The van der Waals surface area contributed by atoms with Crippen molar-refractivity contribution >= 4 is 23.0 Å². The molecule has 1 aromatic rings. The second kappa shape index (κ2) is 5.19. The molecule has 0 aromatic heterocycles. The fourth-order valence-electron chi connectivity index (χ4n) is 1.01. The molecule has 0 radical (unpaired) electrons. The number of benzene rings is 1. The summed E-state index contributed by atoms with van der Waals surface area (Å²) >= 11 is 0. The first-order chi connectivity index (χ1) is 7.43. The number of hydrogen-bond acceptors (Lipinski definition) is 5. The van der Waals surface area contributed by atoms with Crippen LogP contribution in [0.25, 0.3) is 0 Å². The maximum Gasteiger partial charge on any atom is 0.707 e. The van der Waals surface area contributed by atoms with Gasteiger partial charge in [-0.25, -0.2) is 8.42 Å². The summed E-state index contributed by atoms with van der Waals surface area (Å²) in [7, 11) is -5.28. The van der Waals surface area contributed by atoms with E-state index in [0.29, 0.717) is 5.69 Å². The Labute approximate surface area is 94.1 Å². The molecule has 6 nitrogen and oxygen atoms in total. The van der Waals surface area contributed by atoms with Gasteiger partial charge in [0, 0.05) is 6.07 Å². The highest BCUT2D eigenvalue weighted by molar-refractivity contribution is 7.92. The van der Waals surface area contributed by atoms with E-state index in [0.717, 1.165) is 0 Å². The van der Waals surface area contributed by atoms with Crippen molar-refractivity contribution in [3.05, 3.63) is 24.3 Å². The number of rotatable bonds is 5. The summed E-state index contributed by atoms with van der Waals surface area (Å²) in [5.74, 6) is 0.118. The molecular weight excluding hydrogens is 233 g/mol. The third-order valence-electron chi connectivity index (χ3n) is 1.73. The van der Waals surface area contributed by atoms with E-state index >= 15 is 0 Å². The molecule has 0 heterocycles. The lowest BCUT2D eigenvalue weighted by Crippen LogP contribution is -2.20. The van der Waals surface area contributed by atoms with Crippen LogP contribution in [0.2, 0.25) is 0 Å². The van der Waals surface area contributed by atoms with Crippen molar-refractivity contribution in [1.29, 1.82) is 0 Å². The molecule has 1 aromatic carbocycles. The number of hydrogen-bond donors (Lipinski definition) is 3. The van der Waals surface area contributed by atoms with Crippen LogP contribution in [0.3, 0.4) is 0 Å². The zero-order valence-corrected chi connectivity index (χ0v) is 9.44. The molecule has 0 saturated carbocycles. The van der Waals surface area contributed by atoms with Gasteiger partial charge in [-0.15, -0.1) is 0 Å². The molecule has 88 valence electrons. The highest BCUT2D eigenvalue weighted by Gasteiger charge is 2.12. The fourth-order valence-corrected chi connectivity index (χ4v) is 1.64. The second-order valence-corrected chi connectivity index (χ2v) is 4.99. The SMILES string of the molecule is CCS(=O)(=O)Nc1cccc(OB(O)O)c1. The van der Waals surface area contributed by atoms with Gasteiger partial charge in [-0.3, -0.25) is 4.72 Å². The molecule has 3 N–H and O–H groups in total. The van der Waals surface area contributed by atoms with Crippen LogP contribution in [0.4, 0.5) is 5.69 Å². The van der Waals surface area contributed by atoms with Crippen molar-refractivity contribution in [3.8, 4) is 5.75 Å². The number of sulfonamides is 1. The van der Waals surface area contributed by atoms with Gasteiger partial charge >= 0.3 is 7.32 Å². The van der Waals surface area contributed by atoms with Crippen LogP contribution in [-0.2, 0) is 10.0 Å². The molecular formula is C8H12BNO5S. The monoisotopic (exact) mass is 245 g/mol. The van der Waals surface area contributed by atoms with E-state index in [1.165, 1.54) is 31.2 Å². The van der Waals surface area contributed by atoms with Crippen LogP contribution in [0.15, 0.2) is 24.3 Å². The van der Waals surface area contributed by atoms with Crippen LogP contribution in [0.5, 0.6) is 5.75 Å². The van der Waals surface area contributed by atoms with E-state index in [9.17, 15) is 8.42 Å². The minimum atomic E-state index is -3.35. The van der Waals surface area contributed by atoms with Gasteiger partial charge in [0.25, 0.3) is 0 Å². The molecule has 8 heteroatoms. The smallest absolute Gasteiger partial charge is 0.512 e. The molecule has 1 rings (SSSR count). The Bertz CT molecular complexity index is 447. The van der Waals surface area contributed by atoms with Crippen LogP contribution < -0.4 is 9.38 Å². The Morgan fingerprint density at radius 3 is 2.69 bits per heavy atom. The maximum atomic E-state index is 11.3. The van der Waals surface area contributed by atoms with E-state index in [1.54, 1.807) is 0 Å². The highest BCUT2D eigenvalue weighted by Crippen LogP contribution is 2.18. The molecule has 0 atom stereocenters. The topological polar surface area (TPSA) is 95.9 Å². The Morgan fingerprint density at radius 2 is 2.12 bits per heavy atom. The Balaban J connectivity index is 2.83. The molecule has 0 fully saturated rings. The van der Waals surface area contributed by atoms with Crippen molar-refractivity contribution in [2.24, 2.45) is 0 Å². The largest absolute Gasteiger partial charge is 0.707 e. The minimum Gasteiger partial charge on any atom is -0.512 e. The van der Waals surface area contributed by atoms with Crippen LogP contribution >= 0.6 is 0 Å². The van der Waals surface area contributed by atoms with Crippen molar-refractivity contribution in [2.75, 3.05) is 10.5 Å². The molecule has 0 unspecified atom stereocenters. The normalized spacial score (nSPS) is 10.9.